The van der Waals surface area contributed by atoms with Gasteiger partial charge in [-0.15, -0.1) is 0 Å². The number of benzene rings is 1. The number of carbonyl (C=O) groups excluding carboxylic acids is 1. The maximum Gasteiger partial charge on any atom is 0.373 e. The number of hydrogen-bond acceptors (Lipinski definition) is 4. The molecule has 0 unspecified atom stereocenters. The third-order valence-electron chi connectivity index (χ3n) is 2.38. The quantitative estimate of drug-likeness (QED) is 0.674. The predicted octanol–water partition coefficient (Wildman–Crippen LogP) is 3.28. The van der Waals surface area contributed by atoms with E-state index in [-0.39, 0.29) is 5.76 Å². The van der Waals surface area contributed by atoms with Crippen molar-refractivity contribution in [1.82, 2.24) is 0 Å². The Labute approximate surface area is 118 Å². The highest BCUT2D eigenvalue weighted by molar-refractivity contribution is 14.1. The Hall–Kier alpha value is -1.50. The van der Waals surface area contributed by atoms with Gasteiger partial charge < -0.3 is 14.5 Å². The molecule has 0 atom stereocenters. The molecule has 1 N–H and O–H groups in total. The number of furan rings is 1. The third-order valence-corrected chi connectivity index (χ3v) is 3.32. The van der Waals surface area contributed by atoms with Crippen molar-refractivity contribution in [3.63, 3.8) is 0 Å². The van der Waals surface area contributed by atoms with Crippen molar-refractivity contribution in [2.24, 2.45) is 0 Å². The van der Waals surface area contributed by atoms with Crippen LogP contribution in [0.3, 0.4) is 0 Å². The van der Waals surface area contributed by atoms with Crippen LogP contribution in [0.4, 0.5) is 5.69 Å². The van der Waals surface area contributed by atoms with Crippen LogP contribution < -0.4 is 5.32 Å². The lowest BCUT2D eigenvalue weighted by atomic mass is 10.3. The van der Waals surface area contributed by atoms with Gasteiger partial charge in [0, 0.05) is 9.26 Å². The van der Waals surface area contributed by atoms with Crippen LogP contribution in [-0.4, -0.2) is 13.1 Å². The minimum absolute atomic E-state index is 0.219. The lowest BCUT2D eigenvalue weighted by molar-refractivity contribution is 0.0563. The monoisotopic (exact) mass is 357 g/mol. The summed E-state index contributed by atoms with van der Waals surface area (Å²) in [6, 6.07) is 11.3. The van der Waals surface area contributed by atoms with E-state index in [2.05, 4.69) is 32.6 Å². The number of para-hydroxylation sites is 1. The summed E-state index contributed by atoms with van der Waals surface area (Å²) in [5.74, 6) is 0.447. The first-order valence-electron chi connectivity index (χ1n) is 5.36. The summed E-state index contributed by atoms with van der Waals surface area (Å²) in [5.41, 5.74) is 1.04. The average Bonchev–Trinajstić information content (AvgIpc) is 2.86. The van der Waals surface area contributed by atoms with Crippen LogP contribution in [0.25, 0.3) is 0 Å². The van der Waals surface area contributed by atoms with Crippen molar-refractivity contribution in [3.05, 3.63) is 51.5 Å². The predicted molar refractivity (Wildman–Crippen MR) is 76.5 cm³/mol. The molecule has 0 amide bonds. The topological polar surface area (TPSA) is 51.5 Å². The van der Waals surface area contributed by atoms with Crippen molar-refractivity contribution in [3.8, 4) is 0 Å². The lowest BCUT2D eigenvalue weighted by Crippen LogP contribution is -2.01. The zero-order valence-corrected chi connectivity index (χ0v) is 11.9. The summed E-state index contributed by atoms with van der Waals surface area (Å²) in [6.07, 6.45) is 0. The average molecular weight is 357 g/mol. The molecular weight excluding hydrogens is 345 g/mol. The van der Waals surface area contributed by atoms with Crippen molar-refractivity contribution >= 4 is 34.2 Å². The number of methoxy groups -OCH3 is 1. The smallest absolute Gasteiger partial charge is 0.373 e. The maximum absolute atomic E-state index is 11.2. The van der Waals surface area contributed by atoms with Gasteiger partial charge in [-0.05, 0) is 46.9 Å². The van der Waals surface area contributed by atoms with E-state index >= 15 is 0 Å². The van der Waals surface area contributed by atoms with E-state index in [0.29, 0.717) is 12.3 Å². The molecular formula is C13H12INO3. The molecule has 0 aliphatic rings. The molecule has 0 aliphatic heterocycles. The van der Waals surface area contributed by atoms with Crippen molar-refractivity contribution in [1.29, 1.82) is 0 Å². The highest BCUT2D eigenvalue weighted by atomic mass is 127. The molecule has 0 bridgehead atoms. The number of rotatable bonds is 4. The number of carbonyl (C=O) groups is 1. The number of hydrogen-bond donors (Lipinski definition) is 1. The summed E-state index contributed by atoms with van der Waals surface area (Å²) in [5, 5.41) is 3.25. The van der Waals surface area contributed by atoms with Gasteiger partial charge in [-0.2, -0.15) is 0 Å². The maximum atomic E-state index is 11.2. The fraction of sp³-hybridized carbons (Fsp3) is 0.154. The molecule has 0 aliphatic carbocycles. The van der Waals surface area contributed by atoms with E-state index in [0.717, 1.165) is 9.26 Å². The molecule has 5 heteroatoms. The minimum Gasteiger partial charge on any atom is -0.463 e. The van der Waals surface area contributed by atoms with Crippen molar-refractivity contribution in [2.75, 3.05) is 12.4 Å². The molecule has 0 saturated carbocycles. The molecule has 0 radical (unpaired) electrons. The highest BCUT2D eigenvalue weighted by Gasteiger charge is 2.10. The summed E-state index contributed by atoms with van der Waals surface area (Å²) >= 11 is 2.26. The molecule has 94 valence electrons. The first-order valence-corrected chi connectivity index (χ1v) is 6.44. The highest BCUT2D eigenvalue weighted by Crippen LogP contribution is 2.18. The van der Waals surface area contributed by atoms with Gasteiger partial charge in [-0.25, -0.2) is 4.79 Å². The number of halogens is 1. The SMILES string of the molecule is COC(=O)c1ccc(CNc2ccccc2I)o1. The van der Waals surface area contributed by atoms with E-state index in [4.69, 9.17) is 4.42 Å². The Balaban J connectivity index is 2.01. The van der Waals surface area contributed by atoms with Gasteiger partial charge in [0.05, 0.1) is 13.7 Å². The van der Waals surface area contributed by atoms with E-state index in [1.165, 1.54) is 7.11 Å². The molecule has 4 nitrogen and oxygen atoms in total. The van der Waals surface area contributed by atoms with Crippen LogP contribution in [0.5, 0.6) is 0 Å². The van der Waals surface area contributed by atoms with Crippen molar-refractivity contribution < 1.29 is 13.9 Å². The molecule has 1 aromatic heterocycles. The van der Waals surface area contributed by atoms with E-state index in [1.54, 1.807) is 12.1 Å². The molecule has 0 spiro atoms. The zero-order chi connectivity index (χ0) is 13.0. The summed E-state index contributed by atoms with van der Waals surface area (Å²) in [4.78, 5) is 11.2. The summed E-state index contributed by atoms with van der Waals surface area (Å²) in [6.45, 7) is 0.525. The first-order chi connectivity index (χ1) is 8.70. The normalized spacial score (nSPS) is 10.1. The van der Waals surface area contributed by atoms with Crippen molar-refractivity contribution in [2.45, 2.75) is 6.54 Å². The standard InChI is InChI=1S/C13H12INO3/c1-17-13(16)12-7-6-9(18-12)8-15-11-5-3-2-4-10(11)14/h2-7,15H,8H2,1H3. The fourth-order valence-corrected chi connectivity index (χ4v) is 2.05. The van der Waals surface area contributed by atoms with Gasteiger partial charge in [0.15, 0.2) is 0 Å². The van der Waals surface area contributed by atoms with Gasteiger partial charge in [-0.1, -0.05) is 12.1 Å². The first kappa shape index (κ1) is 12.9. The minimum atomic E-state index is -0.462. The van der Waals surface area contributed by atoms with Crippen LogP contribution >= 0.6 is 22.6 Å². The Bertz CT molecular complexity index is 551. The van der Waals surface area contributed by atoms with Crippen LogP contribution in [0.2, 0.25) is 0 Å². The lowest BCUT2D eigenvalue weighted by Gasteiger charge is -2.06. The molecule has 2 aromatic rings. The molecule has 0 fully saturated rings. The Morgan fingerprint density at radius 2 is 2.11 bits per heavy atom. The number of nitrogens with one attached hydrogen (secondary N) is 1. The third kappa shape index (κ3) is 3.04. The second-order valence-electron chi connectivity index (χ2n) is 3.59. The zero-order valence-electron chi connectivity index (χ0n) is 9.77. The second kappa shape index (κ2) is 5.90. The van der Waals surface area contributed by atoms with Gasteiger partial charge in [0.2, 0.25) is 5.76 Å². The largest absolute Gasteiger partial charge is 0.463 e. The molecule has 0 saturated heterocycles. The Morgan fingerprint density at radius 1 is 1.33 bits per heavy atom. The summed E-state index contributed by atoms with van der Waals surface area (Å²) in [7, 11) is 1.33. The number of esters is 1. The Morgan fingerprint density at radius 3 is 2.83 bits per heavy atom. The van der Waals surface area contributed by atoms with Crippen LogP contribution in [0.15, 0.2) is 40.8 Å². The molecule has 1 aromatic carbocycles. The van der Waals surface area contributed by atoms with Gasteiger partial charge >= 0.3 is 5.97 Å². The van der Waals surface area contributed by atoms with E-state index in [9.17, 15) is 4.79 Å². The molecule has 18 heavy (non-hydrogen) atoms. The van der Waals surface area contributed by atoms with Crippen LogP contribution in [-0.2, 0) is 11.3 Å². The van der Waals surface area contributed by atoms with E-state index in [1.807, 2.05) is 24.3 Å². The summed E-state index contributed by atoms with van der Waals surface area (Å²) < 4.78 is 11.1. The van der Waals surface area contributed by atoms with Crippen LogP contribution in [0.1, 0.15) is 16.3 Å². The number of anilines is 1. The van der Waals surface area contributed by atoms with Gasteiger partial charge in [-0.3, -0.25) is 0 Å². The van der Waals surface area contributed by atoms with Gasteiger partial charge in [0.25, 0.3) is 0 Å². The van der Waals surface area contributed by atoms with Gasteiger partial charge in [0.1, 0.15) is 5.76 Å². The Kier molecular flexibility index (Phi) is 4.24. The van der Waals surface area contributed by atoms with E-state index < -0.39 is 5.97 Å². The molecule has 1 heterocycles. The molecule has 2 rings (SSSR count). The second-order valence-corrected chi connectivity index (χ2v) is 4.75. The fourth-order valence-electron chi connectivity index (χ4n) is 1.47. The number of ether oxygens (including phenoxy) is 1. The van der Waals surface area contributed by atoms with Crippen LogP contribution in [0, 0.1) is 3.57 Å².